The quantitative estimate of drug-likeness (QED) is 0.902. The summed E-state index contributed by atoms with van der Waals surface area (Å²) in [7, 11) is 0. The van der Waals surface area contributed by atoms with Crippen LogP contribution in [0.15, 0.2) is 18.2 Å². The molecule has 1 heterocycles. The molecule has 1 saturated heterocycles. The molecule has 0 spiro atoms. The van der Waals surface area contributed by atoms with Crippen LogP contribution in [0.2, 0.25) is 0 Å². The van der Waals surface area contributed by atoms with Crippen molar-refractivity contribution in [2.75, 3.05) is 26.2 Å². The molecule has 2 aliphatic rings. The molecule has 1 aliphatic carbocycles. The predicted molar refractivity (Wildman–Crippen MR) is 86.1 cm³/mol. The summed E-state index contributed by atoms with van der Waals surface area (Å²) in [5.41, 5.74) is 0.157. The molecular formula is C18H26F2N2O. The predicted octanol–water partition coefficient (Wildman–Crippen LogP) is 2.78. The maximum absolute atomic E-state index is 13.9. The maximum Gasteiger partial charge on any atom is 0.130 e. The number of piperazine rings is 1. The van der Waals surface area contributed by atoms with E-state index in [-0.39, 0.29) is 18.2 Å². The van der Waals surface area contributed by atoms with Gasteiger partial charge in [0.05, 0.1) is 0 Å². The SMILES string of the molecule is OCCC1CN(Cc2c(F)cccc2F)CCN1C1CCCC1. The summed E-state index contributed by atoms with van der Waals surface area (Å²) < 4.78 is 27.7. The van der Waals surface area contributed by atoms with Gasteiger partial charge in [0, 0.05) is 50.4 Å². The summed E-state index contributed by atoms with van der Waals surface area (Å²) in [6, 6.07) is 4.95. The third-order valence-corrected chi connectivity index (χ3v) is 5.31. The van der Waals surface area contributed by atoms with Crippen LogP contribution in [0.3, 0.4) is 0 Å². The van der Waals surface area contributed by atoms with Crippen LogP contribution in [-0.4, -0.2) is 53.2 Å². The van der Waals surface area contributed by atoms with E-state index in [9.17, 15) is 13.9 Å². The molecule has 1 saturated carbocycles. The molecule has 0 aromatic heterocycles. The first kappa shape index (κ1) is 16.8. The molecule has 128 valence electrons. The molecule has 1 N–H and O–H groups in total. The van der Waals surface area contributed by atoms with Crippen molar-refractivity contribution in [2.45, 2.75) is 50.7 Å². The minimum Gasteiger partial charge on any atom is -0.396 e. The maximum atomic E-state index is 13.9. The Balaban J connectivity index is 1.66. The van der Waals surface area contributed by atoms with Crippen molar-refractivity contribution in [2.24, 2.45) is 0 Å². The monoisotopic (exact) mass is 324 g/mol. The van der Waals surface area contributed by atoms with E-state index in [0.717, 1.165) is 26.1 Å². The summed E-state index contributed by atoms with van der Waals surface area (Å²) in [5.74, 6) is -0.941. The van der Waals surface area contributed by atoms with Crippen molar-refractivity contribution in [3.05, 3.63) is 35.4 Å². The third-order valence-electron chi connectivity index (χ3n) is 5.31. The van der Waals surface area contributed by atoms with Crippen LogP contribution >= 0.6 is 0 Å². The Morgan fingerprint density at radius 3 is 2.43 bits per heavy atom. The van der Waals surface area contributed by atoms with Gasteiger partial charge in [-0.15, -0.1) is 0 Å². The van der Waals surface area contributed by atoms with Gasteiger partial charge in [0.1, 0.15) is 11.6 Å². The fraction of sp³-hybridized carbons (Fsp3) is 0.667. The highest BCUT2D eigenvalue weighted by atomic mass is 19.1. The summed E-state index contributed by atoms with van der Waals surface area (Å²) in [6.45, 7) is 2.98. The van der Waals surface area contributed by atoms with Crippen LogP contribution in [0.25, 0.3) is 0 Å². The zero-order valence-electron chi connectivity index (χ0n) is 13.6. The van der Waals surface area contributed by atoms with Crippen LogP contribution in [0.5, 0.6) is 0 Å². The fourth-order valence-electron chi connectivity index (χ4n) is 4.11. The van der Waals surface area contributed by atoms with Gasteiger partial charge in [-0.05, 0) is 31.4 Å². The van der Waals surface area contributed by atoms with Crippen LogP contribution in [0.4, 0.5) is 8.78 Å². The number of nitrogens with zero attached hydrogens (tertiary/aromatic N) is 2. The van der Waals surface area contributed by atoms with E-state index in [4.69, 9.17) is 0 Å². The summed E-state index contributed by atoms with van der Waals surface area (Å²) in [4.78, 5) is 4.64. The zero-order chi connectivity index (χ0) is 16.2. The van der Waals surface area contributed by atoms with Crippen molar-refractivity contribution in [3.63, 3.8) is 0 Å². The zero-order valence-corrected chi connectivity index (χ0v) is 13.6. The number of hydrogen-bond acceptors (Lipinski definition) is 3. The Morgan fingerprint density at radius 1 is 1.09 bits per heavy atom. The molecule has 1 aromatic carbocycles. The van der Waals surface area contributed by atoms with E-state index >= 15 is 0 Å². The van der Waals surface area contributed by atoms with Gasteiger partial charge in [-0.1, -0.05) is 18.9 Å². The number of aliphatic hydroxyl groups excluding tert-OH is 1. The lowest BCUT2D eigenvalue weighted by atomic mass is 10.0. The first-order chi connectivity index (χ1) is 11.2. The highest BCUT2D eigenvalue weighted by Gasteiger charge is 2.33. The smallest absolute Gasteiger partial charge is 0.130 e. The van der Waals surface area contributed by atoms with Gasteiger partial charge in [0.2, 0.25) is 0 Å². The number of aliphatic hydroxyl groups is 1. The molecule has 1 aromatic rings. The number of halogens is 2. The molecule has 2 fully saturated rings. The highest BCUT2D eigenvalue weighted by Crippen LogP contribution is 2.28. The lowest BCUT2D eigenvalue weighted by molar-refractivity contribution is 0.0259. The number of hydrogen-bond donors (Lipinski definition) is 1. The van der Waals surface area contributed by atoms with Crippen LogP contribution < -0.4 is 0 Å². The summed E-state index contributed by atoms with van der Waals surface area (Å²) >= 11 is 0. The molecule has 1 aliphatic heterocycles. The van der Waals surface area contributed by atoms with Gasteiger partial charge in [0.15, 0.2) is 0 Å². The van der Waals surface area contributed by atoms with Crippen LogP contribution in [-0.2, 0) is 6.54 Å². The molecule has 1 unspecified atom stereocenters. The van der Waals surface area contributed by atoms with E-state index in [0.29, 0.717) is 12.6 Å². The Morgan fingerprint density at radius 2 is 1.78 bits per heavy atom. The van der Waals surface area contributed by atoms with Crippen molar-refractivity contribution < 1.29 is 13.9 Å². The number of benzene rings is 1. The van der Waals surface area contributed by atoms with E-state index in [2.05, 4.69) is 9.80 Å². The van der Waals surface area contributed by atoms with E-state index in [1.165, 1.54) is 43.9 Å². The first-order valence-electron chi connectivity index (χ1n) is 8.71. The second kappa shape index (κ2) is 7.69. The Bertz CT molecular complexity index is 499. The summed E-state index contributed by atoms with van der Waals surface area (Å²) in [5, 5.41) is 9.38. The van der Waals surface area contributed by atoms with Gasteiger partial charge < -0.3 is 5.11 Å². The Hall–Kier alpha value is -1.04. The molecule has 1 atom stereocenters. The third kappa shape index (κ3) is 3.90. The molecule has 0 amide bonds. The molecular weight excluding hydrogens is 298 g/mol. The van der Waals surface area contributed by atoms with Crippen molar-refractivity contribution >= 4 is 0 Å². The van der Waals surface area contributed by atoms with Crippen LogP contribution in [0, 0.1) is 11.6 Å². The van der Waals surface area contributed by atoms with E-state index < -0.39 is 11.6 Å². The van der Waals surface area contributed by atoms with Gasteiger partial charge in [-0.25, -0.2) is 8.78 Å². The number of rotatable bonds is 5. The largest absolute Gasteiger partial charge is 0.396 e. The molecule has 3 nitrogen and oxygen atoms in total. The molecule has 0 radical (unpaired) electrons. The van der Waals surface area contributed by atoms with Gasteiger partial charge >= 0.3 is 0 Å². The van der Waals surface area contributed by atoms with Gasteiger partial charge in [-0.3, -0.25) is 9.80 Å². The highest BCUT2D eigenvalue weighted by molar-refractivity contribution is 5.19. The van der Waals surface area contributed by atoms with Crippen molar-refractivity contribution in [3.8, 4) is 0 Å². The average Bonchev–Trinajstić information content (AvgIpc) is 3.06. The van der Waals surface area contributed by atoms with Crippen molar-refractivity contribution in [1.82, 2.24) is 9.80 Å². The topological polar surface area (TPSA) is 26.7 Å². The molecule has 5 heteroatoms. The fourth-order valence-corrected chi connectivity index (χ4v) is 4.11. The van der Waals surface area contributed by atoms with Crippen molar-refractivity contribution in [1.29, 1.82) is 0 Å². The van der Waals surface area contributed by atoms with Crippen LogP contribution in [0.1, 0.15) is 37.7 Å². The second-order valence-electron chi connectivity index (χ2n) is 6.78. The molecule has 3 rings (SSSR count). The minimum absolute atomic E-state index is 0.157. The van der Waals surface area contributed by atoms with Gasteiger partial charge in [-0.2, -0.15) is 0 Å². The Kier molecular flexibility index (Phi) is 5.62. The first-order valence-corrected chi connectivity index (χ1v) is 8.71. The normalized spacial score (nSPS) is 24.4. The molecule has 0 bridgehead atoms. The van der Waals surface area contributed by atoms with Gasteiger partial charge in [0.25, 0.3) is 0 Å². The minimum atomic E-state index is -0.470. The summed E-state index contributed by atoms with van der Waals surface area (Å²) in [6.07, 6.45) is 5.79. The molecule has 23 heavy (non-hydrogen) atoms. The standard InChI is InChI=1S/C18H26F2N2O/c19-17-6-3-7-18(20)16(17)13-21-9-10-22(14-4-1-2-5-14)15(12-21)8-11-23/h3,6-7,14-15,23H,1-2,4-5,8-13H2. The average molecular weight is 324 g/mol. The van der Waals surface area contributed by atoms with E-state index in [1.54, 1.807) is 0 Å². The lowest BCUT2D eigenvalue weighted by Gasteiger charge is -2.44. The van der Waals surface area contributed by atoms with E-state index in [1.807, 2.05) is 0 Å². The lowest BCUT2D eigenvalue weighted by Crippen LogP contribution is -2.56. The second-order valence-corrected chi connectivity index (χ2v) is 6.78. The Labute approximate surface area is 136 Å².